The van der Waals surface area contributed by atoms with Crippen LogP contribution in [0.3, 0.4) is 0 Å². The maximum atomic E-state index is 13.2. The van der Waals surface area contributed by atoms with Crippen LogP contribution in [0.25, 0.3) is 0 Å². The smallest absolute Gasteiger partial charge is 0.322 e. The van der Waals surface area contributed by atoms with Gasteiger partial charge < -0.3 is 19.5 Å². The van der Waals surface area contributed by atoms with Gasteiger partial charge in [-0.3, -0.25) is 4.79 Å². The Labute approximate surface area is 191 Å². The lowest BCUT2D eigenvalue weighted by molar-refractivity contribution is -0.133. The van der Waals surface area contributed by atoms with E-state index >= 15 is 0 Å². The minimum Gasteiger partial charge on any atom is -0.467 e. The Bertz CT molecular complexity index is 960. The van der Waals surface area contributed by atoms with Crippen molar-refractivity contribution in [3.8, 4) is 0 Å². The van der Waals surface area contributed by atoms with Crippen LogP contribution in [0, 0.1) is 0 Å². The number of furan rings is 1. The van der Waals surface area contributed by atoms with Crippen LogP contribution in [0.15, 0.2) is 81.9 Å². The first-order chi connectivity index (χ1) is 15.0. The molecule has 1 N–H and O–H groups in total. The highest BCUT2D eigenvalue weighted by molar-refractivity contribution is 9.10. The van der Waals surface area contributed by atoms with E-state index in [0.717, 1.165) is 16.5 Å². The third-order valence-corrected chi connectivity index (χ3v) is 5.23. The maximum Gasteiger partial charge on any atom is 0.322 e. The first kappa shape index (κ1) is 22.6. The molecule has 7 heteroatoms. The van der Waals surface area contributed by atoms with Gasteiger partial charge in [0.15, 0.2) is 0 Å². The van der Waals surface area contributed by atoms with Crippen molar-refractivity contribution in [2.45, 2.75) is 26.4 Å². The molecule has 1 aromatic heterocycles. The third kappa shape index (κ3) is 7.00. The predicted octanol–water partition coefficient (Wildman–Crippen LogP) is 5.52. The Morgan fingerprint density at radius 2 is 1.68 bits per heavy atom. The second-order valence-corrected chi connectivity index (χ2v) is 8.09. The lowest BCUT2D eigenvalue weighted by atomic mass is 10.2. The fourth-order valence-corrected chi connectivity index (χ4v) is 3.41. The standard InChI is InChI=1S/C24H26BrN3O3/c1-2-14-27(24(30)26-21-12-10-20(25)11-13-21)18-23(29)28(17-22-9-6-15-31-22)16-19-7-4-3-5-8-19/h3-13,15H,2,14,16-18H2,1H3,(H,26,30). The molecule has 0 unspecified atom stereocenters. The van der Waals surface area contributed by atoms with Crippen molar-refractivity contribution in [2.24, 2.45) is 0 Å². The van der Waals surface area contributed by atoms with Gasteiger partial charge in [-0.25, -0.2) is 4.79 Å². The van der Waals surface area contributed by atoms with Gasteiger partial charge in [-0.2, -0.15) is 0 Å². The highest BCUT2D eigenvalue weighted by Gasteiger charge is 2.22. The number of amides is 3. The lowest BCUT2D eigenvalue weighted by Crippen LogP contribution is -2.44. The number of carbonyl (C=O) groups excluding carboxylic acids is 2. The lowest BCUT2D eigenvalue weighted by Gasteiger charge is -2.27. The van der Waals surface area contributed by atoms with Crippen molar-refractivity contribution in [3.05, 3.63) is 88.8 Å². The molecule has 0 bridgehead atoms. The molecule has 3 rings (SSSR count). The molecule has 0 saturated heterocycles. The van der Waals surface area contributed by atoms with E-state index in [1.54, 1.807) is 22.1 Å². The summed E-state index contributed by atoms with van der Waals surface area (Å²) in [4.78, 5) is 29.3. The van der Waals surface area contributed by atoms with Gasteiger partial charge in [0, 0.05) is 23.2 Å². The number of benzene rings is 2. The molecule has 1 heterocycles. The zero-order valence-corrected chi connectivity index (χ0v) is 19.0. The molecule has 0 radical (unpaired) electrons. The van der Waals surface area contributed by atoms with E-state index in [2.05, 4.69) is 21.2 Å². The van der Waals surface area contributed by atoms with E-state index in [1.165, 1.54) is 0 Å². The van der Waals surface area contributed by atoms with Gasteiger partial charge in [-0.1, -0.05) is 53.2 Å². The van der Waals surface area contributed by atoms with Gasteiger partial charge in [0.2, 0.25) is 5.91 Å². The molecular weight excluding hydrogens is 458 g/mol. The third-order valence-electron chi connectivity index (χ3n) is 4.70. The van der Waals surface area contributed by atoms with E-state index in [-0.39, 0.29) is 18.5 Å². The SMILES string of the molecule is CCCN(CC(=O)N(Cc1ccccc1)Cc1ccco1)C(=O)Nc1ccc(Br)cc1. The molecule has 3 aromatic rings. The molecule has 31 heavy (non-hydrogen) atoms. The van der Waals surface area contributed by atoms with Gasteiger partial charge >= 0.3 is 6.03 Å². The van der Waals surface area contributed by atoms with Crippen LogP contribution in [-0.4, -0.2) is 34.8 Å². The predicted molar refractivity (Wildman–Crippen MR) is 124 cm³/mol. The second kappa shape index (κ2) is 11.4. The molecule has 0 spiro atoms. The first-order valence-corrected chi connectivity index (χ1v) is 11.0. The summed E-state index contributed by atoms with van der Waals surface area (Å²) in [6.07, 6.45) is 2.34. The van der Waals surface area contributed by atoms with E-state index in [0.29, 0.717) is 31.1 Å². The Hall–Kier alpha value is -3.06. The molecule has 6 nitrogen and oxygen atoms in total. The summed E-state index contributed by atoms with van der Waals surface area (Å²) >= 11 is 3.38. The van der Waals surface area contributed by atoms with Crippen molar-refractivity contribution < 1.29 is 14.0 Å². The van der Waals surface area contributed by atoms with Gasteiger partial charge in [0.1, 0.15) is 12.3 Å². The second-order valence-electron chi connectivity index (χ2n) is 7.17. The molecule has 0 fully saturated rings. The van der Waals surface area contributed by atoms with Crippen molar-refractivity contribution >= 4 is 33.6 Å². The maximum absolute atomic E-state index is 13.2. The summed E-state index contributed by atoms with van der Waals surface area (Å²) in [5.41, 5.74) is 1.70. The van der Waals surface area contributed by atoms with Gasteiger partial charge in [0.25, 0.3) is 0 Å². The average molecular weight is 484 g/mol. The summed E-state index contributed by atoms with van der Waals surface area (Å²) < 4.78 is 6.38. The number of rotatable bonds is 9. The minimum absolute atomic E-state index is 0.0102. The fraction of sp³-hybridized carbons (Fsp3) is 0.250. The summed E-state index contributed by atoms with van der Waals surface area (Å²) in [6, 6.07) is 20.5. The molecule has 0 saturated carbocycles. The van der Waals surface area contributed by atoms with Gasteiger partial charge in [-0.05, 0) is 48.4 Å². The highest BCUT2D eigenvalue weighted by atomic mass is 79.9. The van der Waals surface area contributed by atoms with Crippen LogP contribution in [0.2, 0.25) is 0 Å². The Morgan fingerprint density at radius 3 is 2.32 bits per heavy atom. The van der Waals surface area contributed by atoms with Gasteiger partial charge in [0.05, 0.1) is 12.8 Å². The van der Waals surface area contributed by atoms with Crippen molar-refractivity contribution in [1.82, 2.24) is 9.80 Å². The van der Waals surface area contributed by atoms with Crippen LogP contribution >= 0.6 is 15.9 Å². The number of hydrogen-bond acceptors (Lipinski definition) is 3. The van der Waals surface area contributed by atoms with Crippen LogP contribution < -0.4 is 5.32 Å². The van der Waals surface area contributed by atoms with E-state index in [1.807, 2.05) is 67.6 Å². The zero-order chi connectivity index (χ0) is 22.1. The highest BCUT2D eigenvalue weighted by Crippen LogP contribution is 2.16. The monoisotopic (exact) mass is 483 g/mol. The van der Waals surface area contributed by atoms with Crippen molar-refractivity contribution in [2.75, 3.05) is 18.4 Å². The molecular formula is C24H26BrN3O3. The molecule has 0 aliphatic rings. The van der Waals surface area contributed by atoms with Crippen LogP contribution in [0.5, 0.6) is 0 Å². The van der Waals surface area contributed by atoms with E-state index in [9.17, 15) is 9.59 Å². The number of nitrogens with one attached hydrogen (secondary N) is 1. The Morgan fingerprint density at radius 1 is 0.935 bits per heavy atom. The van der Waals surface area contributed by atoms with Crippen molar-refractivity contribution in [3.63, 3.8) is 0 Å². The Balaban J connectivity index is 1.71. The largest absolute Gasteiger partial charge is 0.467 e. The summed E-state index contributed by atoms with van der Waals surface area (Å²) in [6.45, 7) is 3.23. The van der Waals surface area contributed by atoms with E-state index in [4.69, 9.17) is 4.42 Å². The molecule has 2 aromatic carbocycles. The topological polar surface area (TPSA) is 65.8 Å². The quantitative estimate of drug-likeness (QED) is 0.435. The number of carbonyl (C=O) groups is 2. The molecule has 0 aliphatic heterocycles. The number of anilines is 1. The Kier molecular flexibility index (Phi) is 8.29. The van der Waals surface area contributed by atoms with Crippen molar-refractivity contribution in [1.29, 1.82) is 0 Å². The van der Waals surface area contributed by atoms with Crippen LogP contribution in [0.1, 0.15) is 24.7 Å². The summed E-state index contributed by atoms with van der Waals surface area (Å²) in [5.74, 6) is 0.560. The minimum atomic E-state index is -0.296. The van der Waals surface area contributed by atoms with E-state index < -0.39 is 0 Å². The average Bonchev–Trinajstić information content (AvgIpc) is 3.28. The number of nitrogens with zero attached hydrogens (tertiary/aromatic N) is 2. The molecule has 162 valence electrons. The zero-order valence-electron chi connectivity index (χ0n) is 17.5. The fourth-order valence-electron chi connectivity index (χ4n) is 3.15. The molecule has 3 amide bonds. The first-order valence-electron chi connectivity index (χ1n) is 10.2. The summed E-state index contributed by atoms with van der Waals surface area (Å²) in [7, 11) is 0. The van der Waals surface area contributed by atoms with Gasteiger partial charge in [-0.15, -0.1) is 0 Å². The summed E-state index contributed by atoms with van der Waals surface area (Å²) in [5, 5.41) is 2.87. The van der Waals surface area contributed by atoms with Crippen LogP contribution in [0.4, 0.5) is 10.5 Å². The normalized spacial score (nSPS) is 10.5. The van der Waals surface area contributed by atoms with Crippen LogP contribution in [-0.2, 0) is 17.9 Å². The molecule has 0 atom stereocenters. The number of halogens is 1. The molecule has 0 aliphatic carbocycles. The number of urea groups is 1. The number of hydrogen-bond donors (Lipinski definition) is 1.